The van der Waals surface area contributed by atoms with Crippen molar-refractivity contribution in [2.45, 2.75) is 19.3 Å². The Balaban J connectivity index is 1.58. The van der Waals surface area contributed by atoms with Crippen molar-refractivity contribution >= 4 is 34.4 Å². The lowest BCUT2D eigenvalue weighted by Gasteiger charge is -2.12. The van der Waals surface area contributed by atoms with Gasteiger partial charge in [0.05, 0.1) is 17.1 Å². The second-order valence-electron chi connectivity index (χ2n) is 6.88. The van der Waals surface area contributed by atoms with Gasteiger partial charge in [-0.3, -0.25) is 4.68 Å². The third-order valence-electron chi connectivity index (χ3n) is 4.67. The third kappa shape index (κ3) is 4.57. The monoisotopic (exact) mass is 465 g/mol. The first kappa shape index (κ1) is 21.8. The molecule has 166 valence electrons. The predicted octanol–water partition coefficient (Wildman–Crippen LogP) is 4.79. The molecule has 4 aromatic rings. The van der Waals surface area contributed by atoms with Crippen LogP contribution in [0.5, 0.6) is 0 Å². The van der Waals surface area contributed by atoms with Crippen molar-refractivity contribution in [2.75, 3.05) is 10.6 Å². The molecule has 0 aliphatic carbocycles. The van der Waals surface area contributed by atoms with Crippen LogP contribution < -0.4 is 10.6 Å². The molecule has 0 unspecified atom stereocenters. The molecule has 0 bridgehead atoms. The van der Waals surface area contributed by atoms with E-state index in [0.717, 1.165) is 12.1 Å². The number of nitrogens with zero attached hydrogens (tertiary/aromatic N) is 5. The highest BCUT2D eigenvalue weighted by Gasteiger charge is 2.30. The fourth-order valence-corrected chi connectivity index (χ4v) is 3.22. The summed E-state index contributed by atoms with van der Waals surface area (Å²) in [4.78, 5) is 12.4. The Morgan fingerprint density at radius 1 is 1.09 bits per heavy atom. The molecule has 0 radical (unpaired) electrons. The van der Waals surface area contributed by atoms with Crippen LogP contribution in [0.25, 0.3) is 11.0 Å². The quantitative estimate of drug-likeness (QED) is 0.315. The minimum Gasteiger partial charge on any atom is -0.365 e. The molecule has 0 aliphatic heterocycles. The number of rotatable bonds is 6. The van der Waals surface area contributed by atoms with Crippen LogP contribution in [0.15, 0.2) is 42.7 Å². The normalized spacial score (nSPS) is 11.7. The molecule has 1 aromatic carbocycles. The minimum absolute atomic E-state index is 0.0461. The van der Waals surface area contributed by atoms with Gasteiger partial charge in [0, 0.05) is 31.9 Å². The van der Waals surface area contributed by atoms with Gasteiger partial charge in [0.1, 0.15) is 5.82 Å². The summed E-state index contributed by atoms with van der Waals surface area (Å²) < 4.78 is 54.5. The van der Waals surface area contributed by atoms with Crippen LogP contribution in [0.4, 0.5) is 29.3 Å². The molecule has 12 heteroatoms. The highest BCUT2D eigenvalue weighted by atomic mass is 35.5. The average molecular weight is 466 g/mol. The molecule has 32 heavy (non-hydrogen) atoms. The fourth-order valence-electron chi connectivity index (χ4n) is 3.05. The van der Waals surface area contributed by atoms with E-state index in [2.05, 4.69) is 30.7 Å². The lowest BCUT2D eigenvalue weighted by Crippen LogP contribution is -2.10. The Morgan fingerprint density at radius 3 is 2.69 bits per heavy atom. The van der Waals surface area contributed by atoms with E-state index in [9.17, 15) is 17.6 Å². The minimum atomic E-state index is -4.43. The Morgan fingerprint density at radius 2 is 1.91 bits per heavy atom. The molecule has 0 atom stereocenters. The molecule has 7 nitrogen and oxygen atoms in total. The van der Waals surface area contributed by atoms with Crippen LogP contribution in [-0.2, 0) is 26.3 Å². The molecule has 0 aliphatic rings. The molecule has 0 saturated carbocycles. The second kappa shape index (κ2) is 8.58. The van der Waals surface area contributed by atoms with Crippen LogP contribution in [0.2, 0.25) is 5.15 Å². The number of fused-ring (bicyclic) bond motifs is 1. The molecule has 0 fully saturated rings. The number of benzene rings is 1. The van der Waals surface area contributed by atoms with Gasteiger partial charge in [-0.05, 0) is 23.8 Å². The topological polar surface area (TPSA) is 80.5 Å². The summed E-state index contributed by atoms with van der Waals surface area (Å²) in [7, 11) is 1.69. The maximum Gasteiger partial charge on any atom is 0.416 e. The van der Waals surface area contributed by atoms with Crippen molar-refractivity contribution in [3.05, 3.63) is 70.4 Å². The van der Waals surface area contributed by atoms with E-state index < -0.39 is 17.6 Å². The standard InChI is InChI=1S/C20H16ClF4N7/c1-32-18-14(10-29-32)17(27-8-11-3-2-4-13(7-11)20(23,24)25)30-19(31-18)28-9-12-5-6-26-16(21)15(12)22/h2-7,10H,8-9H2,1H3,(H2,27,28,30,31). The van der Waals surface area contributed by atoms with Crippen molar-refractivity contribution in [1.82, 2.24) is 24.7 Å². The summed E-state index contributed by atoms with van der Waals surface area (Å²) in [5.41, 5.74) is 0.462. The maximum absolute atomic E-state index is 14.1. The smallest absolute Gasteiger partial charge is 0.365 e. The Bertz CT molecular complexity index is 1270. The largest absolute Gasteiger partial charge is 0.416 e. The molecular formula is C20H16ClF4N7. The predicted molar refractivity (Wildman–Crippen MR) is 112 cm³/mol. The van der Waals surface area contributed by atoms with Crippen molar-refractivity contribution in [1.29, 1.82) is 0 Å². The maximum atomic E-state index is 14.1. The van der Waals surface area contributed by atoms with Crippen LogP contribution in [0.1, 0.15) is 16.7 Å². The third-order valence-corrected chi connectivity index (χ3v) is 4.93. The van der Waals surface area contributed by atoms with Crippen LogP contribution in [-0.4, -0.2) is 24.7 Å². The highest BCUT2D eigenvalue weighted by molar-refractivity contribution is 6.29. The lowest BCUT2D eigenvalue weighted by molar-refractivity contribution is -0.137. The second-order valence-corrected chi connectivity index (χ2v) is 7.24. The number of aromatic nitrogens is 5. The molecular weight excluding hydrogens is 450 g/mol. The molecule has 3 heterocycles. The van der Waals surface area contributed by atoms with Crippen molar-refractivity contribution < 1.29 is 17.6 Å². The first-order chi connectivity index (χ1) is 15.2. The number of hydrogen-bond donors (Lipinski definition) is 2. The molecule has 4 rings (SSSR count). The van der Waals surface area contributed by atoms with Crippen molar-refractivity contribution in [2.24, 2.45) is 7.05 Å². The zero-order valence-electron chi connectivity index (χ0n) is 16.6. The number of aryl methyl sites for hydroxylation is 1. The first-order valence-electron chi connectivity index (χ1n) is 9.35. The van der Waals surface area contributed by atoms with Gasteiger partial charge < -0.3 is 10.6 Å². The molecule has 2 N–H and O–H groups in total. The molecule has 0 spiro atoms. The number of nitrogens with one attached hydrogen (secondary N) is 2. The lowest BCUT2D eigenvalue weighted by atomic mass is 10.1. The van der Waals surface area contributed by atoms with Crippen LogP contribution >= 0.6 is 11.6 Å². The number of halogens is 5. The van der Waals surface area contributed by atoms with E-state index in [0.29, 0.717) is 22.4 Å². The Labute approximate surface area is 184 Å². The zero-order valence-corrected chi connectivity index (χ0v) is 17.3. The summed E-state index contributed by atoms with van der Waals surface area (Å²) in [5, 5.41) is 10.5. The van der Waals surface area contributed by atoms with Crippen molar-refractivity contribution in [3.63, 3.8) is 0 Å². The fraction of sp³-hybridized carbons (Fsp3) is 0.200. The van der Waals surface area contributed by atoms with E-state index in [1.165, 1.54) is 23.0 Å². The van der Waals surface area contributed by atoms with Gasteiger partial charge in [-0.25, -0.2) is 9.37 Å². The van der Waals surface area contributed by atoms with Gasteiger partial charge in [-0.2, -0.15) is 28.2 Å². The first-order valence-corrected chi connectivity index (χ1v) is 9.72. The van der Waals surface area contributed by atoms with Crippen LogP contribution in [0.3, 0.4) is 0 Å². The van der Waals surface area contributed by atoms with Gasteiger partial charge in [0.15, 0.2) is 16.6 Å². The van der Waals surface area contributed by atoms with E-state index in [-0.39, 0.29) is 29.8 Å². The number of pyridine rings is 1. The molecule has 0 amide bonds. The zero-order chi connectivity index (χ0) is 22.9. The van der Waals surface area contributed by atoms with Gasteiger partial charge in [-0.15, -0.1) is 0 Å². The van der Waals surface area contributed by atoms with Gasteiger partial charge in [-0.1, -0.05) is 23.7 Å². The van der Waals surface area contributed by atoms with Crippen LogP contribution in [0, 0.1) is 5.82 Å². The van der Waals surface area contributed by atoms with Gasteiger partial charge >= 0.3 is 6.18 Å². The van der Waals surface area contributed by atoms with E-state index >= 15 is 0 Å². The molecule has 0 saturated heterocycles. The summed E-state index contributed by atoms with van der Waals surface area (Å²) in [6, 6.07) is 6.49. The van der Waals surface area contributed by atoms with Gasteiger partial charge in [0.2, 0.25) is 5.95 Å². The number of hydrogen-bond acceptors (Lipinski definition) is 6. The van der Waals surface area contributed by atoms with Gasteiger partial charge in [0.25, 0.3) is 0 Å². The van der Waals surface area contributed by atoms with E-state index in [1.807, 2.05) is 0 Å². The SMILES string of the molecule is Cn1ncc2c(NCc3cccc(C(F)(F)F)c3)nc(NCc3ccnc(Cl)c3F)nc21. The summed E-state index contributed by atoms with van der Waals surface area (Å²) in [5.74, 6) is -0.0950. The Kier molecular flexibility index (Phi) is 5.83. The Hall–Kier alpha value is -3.47. The van der Waals surface area contributed by atoms with E-state index in [1.54, 1.807) is 19.3 Å². The summed E-state index contributed by atoms with van der Waals surface area (Å²) in [6.07, 6.45) is -1.49. The van der Waals surface area contributed by atoms with Crippen molar-refractivity contribution in [3.8, 4) is 0 Å². The molecule has 3 aromatic heterocycles. The number of anilines is 2. The average Bonchev–Trinajstić information content (AvgIpc) is 3.13. The summed E-state index contributed by atoms with van der Waals surface area (Å²) in [6.45, 7) is 0.142. The summed E-state index contributed by atoms with van der Waals surface area (Å²) >= 11 is 5.71. The highest BCUT2D eigenvalue weighted by Crippen LogP contribution is 2.30. The number of alkyl halides is 3. The van der Waals surface area contributed by atoms with E-state index in [4.69, 9.17) is 11.6 Å².